The number of sulfonamides is 1. The third-order valence-corrected chi connectivity index (χ3v) is 9.07. The Balaban J connectivity index is 1.59. The molecular formula is C30H35FN4O7S. The number of rotatable bonds is 9. The predicted molar refractivity (Wildman–Crippen MR) is 159 cm³/mol. The van der Waals surface area contributed by atoms with Gasteiger partial charge in [0.1, 0.15) is 23.4 Å². The van der Waals surface area contributed by atoms with Crippen LogP contribution in [0.1, 0.15) is 24.2 Å². The second-order valence-corrected chi connectivity index (χ2v) is 12.4. The van der Waals surface area contributed by atoms with E-state index >= 15 is 0 Å². The summed E-state index contributed by atoms with van der Waals surface area (Å²) < 4.78 is 52.3. The molecule has 0 saturated heterocycles. The van der Waals surface area contributed by atoms with Crippen LogP contribution in [0, 0.1) is 11.7 Å². The van der Waals surface area contributed by atoms with Crippen molar-refractivity contribution in [2.75, 3.05) is 44.5 Å². The normalized spacial score (nSPS) is 17.7. The molecule has 0 fully saturated rings. The molecule has 0 aliphatic carbocycles. The van der Waals surface area contributed by atoms with Gasteiger partial charge >= 0.3 is 6.03 Å². The first-order valence-corrected chi connectivity index (χ1v) is 15.0. The number of halogens is 1. The highest BCUT2D eigenvalue weighted by Gasteiger charge is 2.35. The highest BCUT2D eigenvalue weighted by Crippen LogP contribution is 2.31. The number of hydrogen-bond donors (Lipinski definition) is 3. The Hall–Kier alpha value is -4.20. The molecule has 0 aromatic heterocycles. The number of carbonyl (C=O) groups excluding carboxylic acids is 2. The van der Waals surface area contributed by atoms with Crippen LogP contribution < -0.4 is 20.1 Å². The zero-order valence-corrected chi connectivity index (χ0v) is 25.1. The Kier molecular flexibility index (Phi) is 9.89. The first kappa shape index (κ1) is 31.7. The smallest absolute Gasteiger partial charge is 0.323 e. The summed E-state index contributed by atoms with van der Waals surface area (Å²) in [6, 6.07) is 14.8. The van der Waals surface area contributed by atoms with Gasteiger partial charge in [0.2, 0.25) is 10.0 Å². The largest absolute Gasteiger partial charge is 0.497 e. The molecule has 13 heteroatoms. The SMILES string of the molecule is COc1ccc(NC(=O)Nc2ccc3c(c2)C(=O)N([C@H](C)CO)C[C@H](C)[C@@H](CN(C)S(=O)(=O)c2ccc(F)cc2)O3)cc1. The topological polar surface area (TPSA) is 138 Å². The third kappa shape index (κ3) is 7.42. The number of fused-ring (bicyclic) bond motifs is 1. The molecule has 1 aliphatic heterocycles. The molecule has 230 valence electrons. The van der Waals surface area contributed by atoms with Crippen molar-refractivity contribution in [3.8, 4) is 11.5 Å². The lowest BCUT2D eigenvalue weighted by Gasteiger charge is -2.38. The molecule has 1 aliphatic rings. The molecule has 3 amide bonds. The van der Waals surface area contributed by atoms with Gasteiger partial charge in [-0.15, -0.1) is 0 Å². The summed E-state index contributed by atoms with van der Waals surface area (Å²) >= 11 is 0. The van der Waals surface area contributed by atoms with E-state index in [1.807, 2.05) is 6.92 Å². The number of nitrogens with zero attached hydrogens (tertiary/aromatic N) is 2. The van der Waals surface area contributed by atoms with E-state index in [9.17, 15) is 27.5 Å². The van der Waals surface area contributed by atoms with Crippen LogP contribution in [0.3, 0.4) is 0 Å². The van der Waals surface area contributed by atoms with Gasteiger partial charge in [0, 0.05) is 30.9 Å². The van der Waals surface area contributed by atoms with Crippen LogP contribution in [0.2, 0.25) is 0 Å². The maximum Gasteiger partial charge on any atom is 0.323 e. The van der Waals surface area contributed by atoms with E-state index in [1.165, 1.54) is 36.2 Å². The molecule has 4 rings (SSSR count). The number of benzene rings is 3. The van der Waals surface area contributed by atoms with Gasteiger partial charge in [-0.1, -0.05) is 6.92 Å². The van der Waals surface area contributed by atoms with E-state index in [4.69, 9.17) is 9.47 Å². The van der Waals surface area contributed by atoms with Gasteiger partial charge in [-0.25, -0.2) is 17.6 Å². The summed E-state index contributed by atoms with van der Waals surface area (Å²) in [6.45, 7) is 3.35. The quantitative estimate of drug-likeness (QED) is 0.331. The number of aliphatic hydroxyl groups excluding tert-OH is 1. The Labute approximate surface area is 250 Å². The van der Waals surface area contributed by atoms with Gasteiger partial charge in [-0.3, -0.25) is 4.79 Å². The molecule has 3 N–H and O–H groups in total. The third-order valence-electron chi connectivity index (χ3n) is 7.23. The fraction of sp³-hybridized carbons (Fsp3) is 0.333. The molecule has 11 nitrogen and oxygen atoms in total. The predicted octanol–water partition coefficient (Wildman–Crippen LogP) is 4.02. The first-order chi connectivity index (χ1) is 20.4. The van der Waals surface area contributed by atoms with Crippen LogP contribution >= 0.6 is 0 Å². The van der Waals surface area contributed by atoms with Crippen molar-refractivity contribution in [2.24, 2.45) is 5.92 Å². The molecule has 0 radical (unpaired) electrons. The second kappa shape index (κ2) is 13.4. The van der Waals surface area contributed by atoms with E-state index in [2.05, 4.69) is 10.6 Å². The molecule has 0 unspecified atom stereocenters. The Morgan fingerprint density at radius 2 is 1.74 bits per heavy atom. The second-order valence-electron chi connectivity index (χ2n) is 10.4. The minimum absolute atomic E-state index is 0.0652. The molecule has 3 atom stereocenters. The lowest BCUT2D eigenvalue weighted by atomic mass is 9.99. The Morgan fingerprint density at radius 3 is 2.37 bits per heavy atom. The minimum atomic E-state index is -3.97. The number of nitrogens with one attached hydrogen (secondary N) is 2. The monoisotopic (exact) mass is 614 g/mol. The summed E-state index contributed by atoms with van der Waals surface area (Å²) in [5.41, 5.74) is 0.992. The number of carbonyl (C=O) groups is 2. The highest BCUT2D eigenvalue weighted by atomic mass is 32.2. The summed E-state index contributed by atoms with van der Waals surface area (Å²) in [5, 5.41) is 15.3. The van der Waals surface area contributed by atoms with Gasteiger partial charge in [0.15, 0.2) is 0 Å². The molecule has 3 aromatic carbocycles. The van der Waals surface area contributed by atoms with Crippen LogP contribution in [-0.2, 0) is 10.0 Å². The average Bonchev–Trinajstić information content (AvgIpc) is 2.99. The molecule has 0 saturated carbocycles. The number of methoxy groups -OCH3 is 1. The van der Waals surface area contributed by atoms with Crippen molar-refractivity contribution >= 4 is 33.3 Å². The number of ether oxygens (including phenoxy) is 2. The zero-order valence-electron chi connectivity index (χ0n) is 24.3. The number of amides is 3. The average molecular weight is 615 g/mol. The van der Waals surface area contributed by atoms with Crippen molar-refractivity contribution in [3.63, 3.8) is 0 Å². The van der Waals surface area contributed by atoms with Crippen LogP contribution in [0.4, 0.5) is 20.6 Å². The lowest BCUT2D eigenvalue weighted by Crippen LogP contribution is -2.50. The number of hydrogen-bond acceptors (Lipinski definition) is 7. The van der Waals surface area contributed by atoms with Crippen molar-refractivity contribution in [1.29, 1.82) is 0 Å². The molecule has 3 aromatic rings. The van der Waals surface area contributed by atoms with E-state index < -0.39 is 39.9 Å². The van der Waals surface area contributed by atoms with Gasteiger partial charge < -0.3 is 30.1 Å². The van der Waals surface area contributed by atoms with E-state index in [0.717, 1.165) is 16.4 Å². The van der Waals surface area contributed by atoms with Crippen molar-refractivity contribution in [1.82, 2.24) is 9.21 Å². The number of anilines is 2. The molecule has 0 bridgehead atoms. The lowest BCUT2D eigenvalue weighted by molar-refractivity contribution is 0.0387. The van der Waals surface area contributed by atoms with Crippen LogP contribution in [-0.4, -0.2) is 80.7 Å². The van der Waals surface area contributed by atoms with Crippen LogP contribution in [0.5, 0.6) is 11.5 Å². The van der Waals surface area contributed by atoms with Crippen LogP contribution in [0.15, 0.2) is 71.6 Å². The van der Waals surface area contributed by atoms with Crippen molar-refractivity contribution in [2.45, 2.75) is 30.9 Å². The van der Waals surface area contributed by atoms with E-state index in [1.54, 1.807) is 44.4 Å². The first-order valence-electron chi connectivity index (χ1n) is 13.6. The fourth-order valence-electron chi connectivity index (χ4n) is 4.62. The molecule has 43 heavy (non-hydrogen) atoms. The summed E-state index contributed by atoms with van der Waals surface area (Å²) in [5.74, 6) is -0.464. The zero-order chi connectivity index (χ0) is 31.3. The van der Waals surface area contributed by atoms with Crippen molar-refractivity contribution in [3.05, 3.63) is 78.1 Å². The molecule has 0 spiro atoms. The number of urea groups is 1. The molecule has 1 heterocycles. The maximum atomic E-state index is 13.7. The molecular weight excluding hydrogens is 579 g/mol. The fourth-order valence-corrected chi connectivity index (χ4v) is 5.81. The van der Waals surface area contributed by atoms with E-state index in [-0.39, 0.29) is 41.8 Å². The summed E-state index contributed by atoms with van der Waals surface area (Å²) in [6.07, 6.45) is -0.697. The van der Waals surface area contributed by atoms with Gasteiger partial charge in [0.05, 0.1) is 36.8 Å². The van der Waals surface area contributed by atoms with Crippen LogP contribution in [0.25, 0.3) is 0 Å². The minimum Gasteiger partial charge on any atom is -0.497 e. The summed E-state index contributed by atoms with van der Waals surface area (Å²) in [4.78, 5) is 27.8. The highest BCUT2D eigenvalue weighted by molar-refractivity contribution is 7.89. The van der Waals surface area contributed by atoms with Crippen molar-refractivity contribution < 1.29 is 37.0 Å². The van der Waals surface area contributed by atoms with Gasteiger partial charge in [-0.05, 0) is 73.7 Å². The summed E-state index contributed by atoms with van der Waals surface area (Å²) in [7, 11) is -1.02. The maximum absolute atomic E-state index is 13.7. The number of aliphatic hydroxyl groups is 1. The van der Waals surface area contributed by atoms with Gasteiger partial charge in [-0.2, -0.15) is 4.31 Å². The standard InChI is InChI=1S/C30H35FN4O7S/c1-19-16-35(20(2)18-36)29(37)26-15-23(33-30(38)32-22-7-10-24(41-4)11-8-22)9-14-27(26)42-28(19)17-34(3)43(39,40)25-12-5-21(31)6-13-25/h5-15,19-20,28,36H,16-18H2,1-4H3,(H2,32,33,38)/t19-,20+,28+/m0/s1. The van der Waals surface area contributed by atoms with E-state index in [0.29, 0.717) is 17.1 Å². The Morgan fingerprint density at radius 1 is 1.12 bits per heavy atom. The number of likely N-dealkylation sites (N-methyl/N-ethyl adjacent to an activating group) is 1. The Bertz CT molecular complexity index is 1550. The van der Waals surface area contributed by atoms with Gasteiger partial charge in [0.25, 0.3) is 5.91 Å².